The lowest BCUT2D eigenvalue weighted by Crippen LogP contribution is -2.31. The van der Waals surface area contributed by atoms with Crippen molar-refractivity contribution >= 4 is 39.4 Å². The molecule has 1 atom stereocenters. The van der Waals surface area contributed by atoms with Crippen LogP contribution in [-0.2, 0) is 10.5 Å². The van der Waals surface area contributed by atoms with Gasteiger partial charge in [-0.2, -0.15) is 4.98 Å². The van der Waals surface area contributed by atoms with Crippen molar-refractivity contribution in [2.45, 2.75) is 36.2 Å². The van der Waals surface area contributed by atoms with E-state index in [9.17, 15) is 9.18 Å². The average Bonchev–Trinajstić information content (AvgIpc) is 3.14. The first-order valence-electron chi connectivity index (χ1n) is 9.71. The van der Waals surface area contributed by atoms with Crippen molar-refractivity contribution in [1.82, 2.24) is 14.8 Å². The molecule has 8 heteroatoms. The molecule has 0 bridgehead atoms. The molecule has 1 aromatic heterocycles. The lowest BCUT2D eigenvalue weighted by atomic mass is 9.85. The van der Waals surface area contributed by atoms with Crippen LogP contribution in [0.1, 0.15) is 36.4 Å². The number of halogens is 2. The van der Waals surface area contributed by atoms with Gasteiger partial charge in [-0.25, -0.2) is 9.07 Å². The van der Waals surface area contributed by atoms with Crippen LogP contribution in [0.2, 0.25) is 0 Å². The maximum atomic E-state index is 14.0. The maximum Gasteiger partial charge on any atom is 0.227 e. The number of carbonyl (C=O) groups is 1. The molecule has 2 aliphatic rings. The first kappa shape index (κ1) is 19.5. The molecule has 2 aromatic carbocycles. The molecular weight excluding hydrogens is 467 g/mol. The van der Waals surface area contributed by atoms with E-state index in [1.54, 1.807) is 16.8 Å². The quantitative estimate of drug-likeness (QED) is 0.495. The van der Waals surface area contributed by atoms with E-state index < -0.39 is 0 Å². The van der Waals surface area contributed by atoms with Crippen molar-refractivity contribution in [3.05, 3.63) is 81.2 Å². The Bertz CT molecular complexity index is 1180. The molecule has 1 aliphatic carbocycles. The van der Waals surface area contributed by atoms with Crippen molar-refractivity contribution in [3.63, 3.8) is 0 Å². The zero-order valence-electron chi connectivity index (χ0n) is 15.9. The molecule has 0 saturated heterocycles. The summed E-state index contributed by atoms with van der Waals surface area (Å²) in [5.74, 6) is 0.964. The number of anilines is 1. The van der Waals surface area contributed by atoms with Crippen LogP contribution < -0.4 is 5.32 Å². The van der Waals surface area contributed by atoms with Gasteiger partial charge < -0.3 is 5.32 Å². The molecule has 0 spiro atoms. The molecule has 0 saturated carbocycles. The topological polar surface area (TPSA) is 59.8 Å². The smallest absolute Gasteiger partial charge is 0.227 e. The zero-order valence-corrected chi connectivity index (χ0v) is 18.3. The number of thioether (sulfide) groups is 1. The molecule has 5 rings (SSSR count). The Morgan fingerprint density at radius 2 is 2.07 bits per heavy atom. The fourth-order valence-corrected chi connectivity index (χ4v) is 5.17. The molecule has 5 nitrogen and oxygen atoms in total. The summed E-state index contributed by atoms with van der Waals surface area (Å²) in [5, 5.41) is 8.56. The number of Topliss-reactive ketones (excluding diaryl/α,β-unsaturated/α-hetero) is 1. The van der Waals surface area contributed by atoms with Gasteiger partial charge in [-0.15, -0.1) is 5.10 Å². The van der Waals surface area contributed by atoms with Gasteiger partial charge in [0.2, 0.25) is 11.1 Å². The van der Waals surface area contributed by atoms with Crippen LogP contribution in [0.5, 0.6) is 0 Å². The summed E-state index contributed by atoms with van der Waals surface area (Å²) in [6.45, 7) is 0. The fourth-order valence-electron chi connectivity index (χ4n) is 3.94. The normalized spacial score (nSPS) is 18.1. The fraction of sp³-hybridized carbons (Fsp3) is 0.227. The predicted octanol–water partition coefficient (Wildman–Crippen LogP) is 5.49. The largest absolute Gasteiger partial charge is 0.328 e. The second-order valence-corrected chi connectivity index (χ2v) is 9.15. The number of fused-ring (bicyclic) bond motifs is 1. The van der Waals surface area contributed by atoms with Gasteiger partial charge in [0.25, 0.3) is 0 Å². The van der Waals surface area contributed by atoms with Gasteiger partial charge in [-0.05, 0) is 42.2 Å². The van der Waals surface area contributed by atoms with Crippen LogP contribution in [0.3, 0.4) is 0 Å². The van der Waals surface area contributed by atoms with Crippen LogP contribution in [0, 0.1) is 5.82 Å². The van der Waals surface area contributed by atoms with Crippen LogP contribution in [-0.4, -0.2) is 20.5 Å². The van der Waals surface area contributed by atoms with Crippen molar-refractivity contribution < 1.29 is 9.18 Å². The summed E-state index contributed by atoms with van der Waals surface area (Å²) in [6.07, 6.45) is 2.19. The molecule has 3 aromatic rings. The van der Waals surface area contributed by atoms with E-state index in [0.717, 1.165) is 34.1 Å². The van der Waals surface area contributed by atoms with Crippen molar-refractivity contribution in [2.24, 2.45) is 0 Å². The number of carbonyl (C=O) groups excluding carboxylic acids is 1. The molecule has 2 heterocycles. The standard InChI is InChI=1S/C22H18BrFN4OS/c23-15-7-3-6-13(11-15)20-19-17(9-4-10-18(19)29)25-21-26-22(27-28(20)21)30-12-14-5-1-2-8-16(14)24/h1-3,5-8,11,20H,4,9-10,12H2,(H,25,26,27)/t20-/m1/s1. The van der Waals surface area contributed by atoms with Crippen LogP contribution in [0.15, 0.2) is 69.4 Å². The van der Waals surface area contributed by atoms with E-state index in [1.807, 2.05) is 30.3 Å². The van der Waals surface area contributed by atoms with Gasteiger partial charge in [0.15, 0.2) is 5.78 Å². The number of allylic oxidation sites excluding steroid dienone is 2. The molecule has 152 valence electrons. The Labute approximate surface area is 185 Å². The summed E-state index contributed by atoms with van der Waals surface area (Å²) in [4.78, 5) is 17.5. The van der Waals surface area contributed by atoms with Crippen LogP contribution in [0.25, 0.3) is 0 Å². The summed E-state index contributed by atoms with van der Waals surface area (Å²) in [5.41, 5.74) is 3.29. The molecule has 0 amide bonds. The Balaban J connectivity index is 1.52. The number of aromatic nitrogens is 3. The Hall–Kier alpha value is -2.45. The number of hydrogen-bond acceptors (Lipinski definition) is 5. The van der Waals surface area contributed by atoms with E-state index in [0.29, 0.717) is 28.8 Å². The third kappa shape index (κ3) is 3.58. The van der Waals surface area contributed by atoms with Gasteiger partial charge in [0.1, 0.15) is 11.9 Å². The van der Waals surface area contributed by atoms with Crippen molar-refractivity contribution in [1.29, 1.82) is 0 Å². The monoisotopic (exact) mass is 484 g/mol. The highest BCUT2D eigenvalue weighted by atomic mass is 79.9. The number of benzene rings is 2. The SMILES string of the molecule is O=C1CCCC2=C1[C@@H](c1cccc(Br)c1)n1nc(SCc3ccccc3F)nc1N2. The minimum atomic E-state index is -0.322. The highest BCUT2D eigenvalue weighted by Gasteiger charge is 2.36. The van der Waals surface area contributed by atoms with Gasteiger partial charge in [-0.1, -0.05) is 58.0 Å². The van der Waals surface area contributed by atoms with Gasteiger partial charge in [0.05, 0.1) is 0 Å². The molecule has 30 heavy (non-hydrogen) atoms. The molecule has 1 aliphatic heterocycles. The van der Waals surface area contributed by atoms with Crippen molar-refractivity contribution in [3.8, 4) is 0 Å². The second kappa shape index (κ2) is 8.00. The second-order valence-electron chi connectivity index (χ2n) is 7.29. The minimum absolute atomic E-state index is 0.149. The third-order valence-corrected chi connectivity index (χ3v) is 6.71. The molecule has 0 fully saturated rings. The Morgan fingerprint density at radius 1 is 1.20 bits per heavy atom. The third-order valence-electron chi connectivity index (χ3n) is 5.33. The predicted molar refractivity (Wildman–Crippen MR) is 118 cm³/mol. The molecule has 1 N–H and O–H groups in total. The summed E-state index contributed by atoms with van der Waals surface area (Å²) < 4.78 is 16.7. The highest BCUT2D eigenvalue weighted by molar-refractivity contribution is 9.10. The molecule has 0 unspecified atom stereocenters. The maximum absolute atomic E-state index is 14.0. The van der Waals surface area contributed by atoms with Gasteiger partial charge in [0, 0.05) is 27.9 Å². The Kier molecular flexibility index (Phi) is 5.20. The number of nitrogens with zero attached hydrogens (tertiary/aromatic N) is 3. The lowest BCUT2D eigenvalue weighted by Gasteiger charge is -2.32. The van der Waals surface area contributed by atoms with E-state index in [4.69, 9.17) is 5.10 Å². The van der Waals surface area contributed by atoms with Crippen LogP contribution in [0.4, 0.5) is 10.3 Å². The average molecular weight is 485 g/mol. The van der Waals surface area contributed by atoms with E-state index in [2.05, 4.69) is 26.2 Å². The van der Waals surface area contributed by atoms with E-state index in [-0.39, 0.29) is 17.6 Å². The van der Waals surface area contributed by atoms with Crippen molar-refractivity contribution in [2.75, 3.05) is 5.32 Å². The number of hydrogen-bond donors (Lipinski definition) is 1. The molecule has 0 radical (unpaired) electrons. The highest BCUT2D eigenvalue weighted by Crippen LogP contribution is 2.41. The molecular formula is C22H18BrFN4OS. The number of ketones is 1. The summed E-state index contributed by atoms with van der Waals surface area (Å²) >= 11 is 4.91. The number of rotatable bonds is 4. The van der Waals surface area contributed by atoms with E-state index in [1.165, 1.54) is 17.8 Å². The summed E-state index contributed by atoms with van der Waals surface area (Å²) in [6, 6.07) is 14.3. The Morgan fingerprint density at radius 3 is 2.90 bits per heavy atom. The van der Waals surface area contributed by atoms with Gasteiger partial charge in [-0.3, -0.25) is 4.79 Å². The minimum Gasteiger partial charge on any atom is -0.328 e. The van der Waals surface area contributed by atoms with Crippen LogP contribution >= 0.6 is 27.7 Å². The summed E-state index contributed by atoms with van der Waals surface area (Å²) in [7, 11) is 0. The van der Waals surface area contributed by atoms with E-state index >= 15 is 0 Å². The zero-order chi connectivity index (χ0) is 20.7. The van der Waals surface area contributed by atoms with Gasteiger partial charge >= 0.3 is 0 Å². The lowest BCUT2D eigenvalue weighted by molar-refractivity contribution is -0.116. The number of nitrogens with one attached hydrogen (secondary N) is 1. The first-order chi connectivity index (χ1) is 14.6. The first-order valence-corrected chi connectivity index (χ1v) is 11.5.